The minimum absolute atomic E-state index is 0.0984. The van der Waals surface area contributed by atoms with Crippen LogP contribution in [0.2, 0.25) is 0 Å². The number of carbonyl (C=O) groups is 2. The molecule has 0 aliphatic carbocycles. The molecule has 0 rings (SSSR count). The summed E-state index contributed by atoms with van der Waals surface area (Å²) in [6, 6.07) is -0.828. The normalized spacial score (nSPS) is 15.2. The van der Waals surface area contributed by atoms with Gasteiger partial charge in [0.05, 0.1) is 5.92 Å². The molecule has 0 bridgehead atoms. The van der Waals surface area contributed by atoms with Crippen LogP contribution in [0.5, 0.6) is 0 Å². The Balaban J connectivity index is 4.02. The first-order valence-electron chi connectivity index (χ1n) is 3.77. The van der Waals surface area contributed by atoms with Crippen LogP contribution in [0.4, 0.5) is 0 Å². The van der Waals surface area contributed by atoms with Crippen LogP contribution in [0, 0.1) is 5.92 Å². The zero-order valence-electron chi connectivity index (χ0n) is 6.99. The first-order valence-corrected chi connectivity index (χ1v) is 3.77. The van der Waals surface area contributed by atoms with E-state index in [0.29, 0.717) is 6.42 Å². The van der Waals surface area contributed by atoms with Gasteiger partial charge in [-0.2, -0.15) is 0 Å². The SMILES string of the molecule is CC[C@@H](C[C@H]([NH3+])C(=O)O)C(=O)O. The van der Waals surface area contributed by atoms with Crippen molar-refractivity contribution in [2.45, 2.75) is 25.8 Å². The Bertz CT molecular complexity index is 180. The van der Waals surface area contributed by atoms with Gasteiger partial charge in [-0.15, -0.1) is 0 Å². The summed E-state index contributed by atoms with van der Waals surface area (Å²) in [5.41, 5.74) is 3.34. The van der Waals surface area contributed by atoms with E-state index in [1.54, 1.807) is 6.92 Å². The van der Waals surface area contributed by atoms with Crippen molar-refractivity contribution in [3.8, 4) is 0 Å². The van der Waals surface area contributed by atoms with Gasteiger partial charge in [-0.1, -0.05) is 6.92 Å². The Labute approximate surface area is 70.2 Å². The fraction of sp³-hybridized carbons (Fsp3) is 0.714. The summed E-state index contributed by atoms with van der Waals surface area (Å²) in [5.74, 6) is -2.59. The van der Waals surface area contributed by atoms with E-state index in [-0.39, 0.29) is 6.42 Å². The van der Waals surface area contributed by atoms with E-state index in [0.717, 1.165) is 0 Å². The number of quaternary nitrogens is 1. The molecule has 0 aromatic carbocycles. The Morgan fingerprint density at radius 1 is 1.33 bits per heavy atom. The third-order valence-corrected chi connectivity index (χ3v) is 1.76. The summed E-state index contributed by atoms with van der Waals surface area (Å²) < 4.78 is 0. The number of carboxylic acids is 2. The molecule has 0 aliphatic heterocycles. The van der Waals surface area contributed by atoms with Gasteiger partial charge in [0, 0.05) is 6.42 Å². The molecule has 5 nitrogen and oxygen atoms in total. The standard InChI is InChI=1S/C7H13NO4/c1-2-4(6(9)10)3-5(8)7(11)12/h4-5H,2-3,8H2,1H3,(H,9,10)(H,11,12)/p+1/t4-,5-/m0/s1. The lowest BCUT2D eigenvalue weighted by Gasteiger charge is -2.09. The zero-order valence-corrected chi connectivity index (χ0v) is 6.99. The van der Waals surface area contributed by atoms with Gasteiger partial charge < -0.3 is 15.9 Å². The van der Waals surface area contributed by atoms with E-state index >= 15 is 0 Å². The molecule has 0 spiro atoms. The average Bonchev–Trinajstić information content (AvgIpc) is 1.98. The summed E-state index contributed by atoms with van der Waals surface area (Å²) in [7, 11) is 0. The molecule has 12 heavy (non-hydrogen) atoms. The van der Waals surface area contributed by atoms with Crippen molar-refractivity contribution >= 4 is 11.9 Å². The predicted molar refractivity (Wildman–Crippen MR) is 40.3 cm³/mol. The van der Waals surface area contributed by atoms with E-state index < -0.39 is 23.9 Å². The second kappa shape index (κ2) is 4.71. The summed E-state index contributed by atoms with van der Waals surface area (Å²) in [5, 5.41) is 17.0. The van der Waals surface area contributed by atoms with Crippen LogP contribution in [0.25, 0.3) is 0 Å². The smallest absolute Gasteiger partial charge is 0.362 e. The molecule has 0 aromatic heterocycles. The van der Waals surface area contributed by atoms with Gasteiger partial charge >= 0.3 is 11.9 Å². The van der Waals surface area contributed by atoms with Gasteiger partial charge in [-0.3, -0.25) is 4.79 Å². The molecule has 0 aromatic rings. The second-order valence-electron chi connectivity index (χ2n) is 2.71. The Hall–Kier alpha value is -1.10. The maximum absolute atomic E-state index is 10.5. The summed E-state index contributed by atoms with van der Waals surface area (Å²) >= 11 is 0. The van der Waals surface area contributed by atoms with Crippen LogP contribution in [-0.2, 0) is 9.59 Å². The fourth-order valence-electron chi connectivity index (χ4n) is 0.886. The van der Waals surface area contributed by atoms with E-state index in [1.807, 2.05) is 0 Å². The van der Waals surface area contributed by atoms with Crippen molar-refractivity contribution < 1.29 is 25.5 Å². The molecule has 0 radical (unpaired) electrons. The highest BCUT2D eigenvalue weighted by Gasteiger charge is 2.24. The fourth-order valence-corrected chi connectivity index (χ4v) is 0.886. The number of carboxylic acid groups (broad SMARTS) is 2. The highest BCUT2D eigenvalue weighted by Crippen LogP contribution is 2.09. The second-order valence-corrected chi connectivity index (χ2v) is 2.71. The monoisotopic (exact) mass is 176 g/mol. The molecule has 0 saturated heterocycles. The van der Waals surface area contributed by atoms with E-state index in [1.165, 1.54) is 0 Å². The van der Waals surface area contributed by atoms with E-state index in [4.69, 9.17) is 10.2 Å². The van der Waals surface area contributed by atoms with Crippen LogP contribution in [0.15, 0.2) is 0 Å². The lowest BCUT2D eigenvalue weighted by molar-refractivity contribution is -0.410. The molecule has 0 aliphatic rings. The van der Waals surface area contributed by atoms with Crippen LogP contribution in [-0.4, -0.2) is 28.2 Å². The predicted octanol–water partition coefficient (Wildman–Crippen LogP) is -0.818. The van der Waals surface area contributed by atoms with Crippen molar-refractivity contribution in [1.82, 2.24) is 0 Å². The van der Waals surface area contributed by atoms with Crippen LogP contribution >= 0.6 is 0 Å². The number of rotatable bonds is 5. The van der Waals surface area contributed by atoms with Crippen LogP contribution < -0.4 is 5.73 Å². The Morgan fingerprint density at radius 2 is 1.83 bits per heavy atom. The first-order chi connectivity index (χ1) is 5.49. The number of hydrogen-bond acceptors (Lipinski definition) is 2. The Kier molecular flexibility index (Phi) is 4.28. The minimum atomic E-state index is -1.05. The molecule has 0 heterocycles. The van der Waals surface area contributed by atoms with Gasteiger partial charge in [0.2, 0.25) is 0 Å². The molecule has 5 N–H and O–H groups in total. The van der Waals surface area contributed by atoms with Gasteiger partial charge in [-0.25, -0.2) is 4.79 Å². The number of aliphatic carboxylic acids is 2. The molecule has 0 amide bonds. The molecular formula is C7H14NO4+. The van der Waals surface area contributed by atoms with Gasteiger partial charge in [0.1, 0.15) is 0 Å². The van der Waals surface area contributed by atoms with Crippen molar-refractivity contribution in [1.29, 1.82) is 0 Å². The summed E-state index contributed by atoms with van der Waals surface area (Å²) in [6.45, 7) is 1.72. The third kappa shape index (κ3) is 3.34. The molecule has 70 valence electrons. The zero-order chi connectivity index (χ0) is 9.72. The van der Waals surface area contributed by atoms with E-state index in [2.05, 4.69) is 5.73 Å². The average molecular weight is 176 g/mol. The van der Waals surface area contributed by atoms with E-state index in [9.17, 15) is 9.59 Å². The maximum atomic E-state index is 10.5. The van der Waals surface area contributed by atoms with Gasteiger partial charge in [0.25, 0.3) is 0 Å². The molecule has 5 heteroatoms. The molecule has 2 atom stereocenters. The van der Waals surface area contributed by atoms with Crippen molar-refractivity contribution in [2.24, 2.45) is 5.92 Å². The molecule has 0 fully saturated rings. The van der Waals surface area contributed by atoms with Crippen molar-refractivity contribution in [3.05, 3.63) is 0 Å². The minimum Gasteiger partial charge on any atom is -0.481 e. The van der Waals surface area contributed by atoms with Crippen molar-refractivity contribution in [2.75, 3.05) is 0 Å². The highest BCUT2D eigenvalue weighted by molar-refractivity contribution is 5.74. The van der Waals surface area contributed by atoms with Crippen LogP contribution in [0.3, 0.4) is 0 Å². The largest absolute Gasteiger partial charge is 0.481 e. The summed E-state index contributed by atoms with van der Waals surface area (Å²) in [4.78, 5) is 20.8. The number of hydrogen-bond donors (Lipinski definition) is 3. The lowest BCUT2D eigenvalue weighted by atomic mass is 9.98. The third-order valence-electron chi connectivity index (χ3n) is 1.76. The van der Waals surface area contributed by atoms with Crippen LogP contribution in [0.1, 0.15) is 19.8 Å². The topological polar surface area (TPSA) is 102 Å². The summed E-state index contributed by atoms with van der Waals surface area (Å²) in [6.07, 6.45) is 0.538. The van der Waals surface area contributed by atoms with Gasteiger partial charge in [-0.05, 0) is 6.42 Å². The van der Waals surface area contributed by atoms with Crippen molar-refractivity contribution in [3.63, 3.8) is 0 Å². The molecule has 0 saturated carbocycles. The first kappa shape index (κ1) is 10.9. The maximum Gasteiger partial charge on any atom is 0.362 e. The Morgan fingerprint density at radius 3 is 2.08 bits per heavy atom. The lowest BCUT2D eigenvalue weighted by Crippen LogP contribution is -2.65. The molecule has 0 unspecified atom stereocenters. The molecular weight excluding hydrogens is 162 g/mol. The highest BCUT2D eigenvalue weighted by atomic mass is 16.4. The van der Waals surface area contributed by atoms with Gasteiger partial charge in [0.15, 0.2) is 6.04 Å². The quantitative estimate of drug-likeness (QED) is 0.509.